The SMILES string of the molecule is C=C(C)C(=O)OCCC[Si](C)(OC(C)C)O[SiH](C)C. The number of rotatable bonds is 9. The molecule has 19 heavy (non-hydrogen) atoms. The lowest BCUT2D eigenvalue weighted by molar-refractivity contribution is -0.138. The molecule has 0 saturated carbocycles. The van der Waals surface area contributed by atoms with Crippen LogP contribution in [-0.2, 0) is 18.1 Å². The standard InChI is InChI=1S/C13H28O4Si2/c1-11(2)13(14)15-9-8-10-19(7,16-12(3)4)17-18(5)6/h12,18H,1,8-10H2,2-7H3. The van der Waals surface area contributed by atoms with Crippen LogP contribution in [0.1, 0.15) is 27.2 Å². The summed E-state index contributed by atoms with van der Waals surface area (Å²) in [5.41, 5.74) is 0.435. The molecule has 1 unspecified atom stereocenters. The van der Waals surface area contributed by atoms with Crippen LogP contribution in [0.25, 0.3) is 0 Å². The van der Waals surface area contributed by atoms with Crippen molar-refractivity contribution in [1.82, 2.24) is 0 Å². The topological polar surface area (TPSA) is 44.8 Å². The Morgan fingerprint density at radius 2 is 1.95 bits per heavy atom. The molecular weight excluding hydrogens is 276 g/mol. The molecule has 0 rings (SSSR count). The molecule has 0 fully saturated rings. The Hall–Kier alpha value is -0.436. The lowest BCUT2D eigenvalue weighted by Crippen LogP contribution is -2.44. The van der Waals surface area contributed by atoms with Gasteiger partial charge in [-0.2, -0.15) is 0 Å². The molecule has 0 spiro atoms. The van der Waals surface area contributed by atoms with E-state index < -0.39 is 17.6 Å². The number of carbonyl (C=O) groups is 1. The molecule has 0 aromatic heterocycles. The number of hydrogen-bond donors (Lipinski definition) is 0. The summed E-state index contributed by atoms with van der Waals surface area (Å²) in [5, 5.41) is 0. The second-order valence-electron chi connectivity index (χ2n) is 5.49. The van der Waals surface area contributed by atoms with Gasteiger partial charge in [-0.3, -0.25) is 0 Å². The highest BCUT2D eigenvalue weighted by Crippen LogP contribution is 2.19. The maximum atomic E-state index is 11.3. The molecular formula is C13H28O4Si2. The third-order valence-corrected chi connectivity index (χ3v) is 8.44. The van der Waals surface area contributed by atoms with Crippen molar-refractivity contribution in [3.63, 3.8) is 0 Å². The molecule has 0 bridgehead atoms. The van der Waals surface area contributed by atoms with Gasteiger partial charge in [-0.15, -0.1) is 0 Å². The van der Waals surface area contributed by atoms with Gasteiger partial charge in [-0.05, 0) is 52.9 Å². The van der Waals surface area contributed by atoms with E-state index in [1.807, 2.05) is 13.8 Å². The van der Waals surface area contributed by atoms with Crippen molar-refractivity contribution >= 4 is 23.6 Å². The van der Waals surface area contributed by atoms with Crippen LogP contribution in [0.3, 0.4) is 0 Å². The Morgan fingerprint density at radius 3 is 2.37 bits per heavy atom. The van der Waals surface area contributed by atoms with Gasteiger partial charge >= 0.3 is 14.5 Å². The van der Waals surface area contributed by atoms with E-state index in [2.05, 4.69) is 26.2 Å². The van der Waals surface area contributed by atoms with E-state index in [1.165, 1.54) is 0 Å². The van der Waals surface area contributed by atoms with Crippen molar-refractivity contribution in [2.75, 3.05) is 6.61 Å². The Morgan fingerprint density at radius 1 is 1.37 bits per heavy atom. The van der Waals surface area contributed by atoms with E-state index in [0.29, 0.717) is 12.2 Å². The van der Waals surface area contributed by atoms with Gasteiger partial charge in [0.15, 0.2) is 9.04 Å². The molecule has 0 aromatic rings. The molecule has 0 radical (unpaired) electrons. The summed E-state index contributed by atoms with van der Waals surface area (Å²) in [6.07, 6.45) is 0.942. The second-order valence-corrected chi connectivity index (χ2v) is 11.5. The van der Waals surface area contributed by atoms with E-state index in [9.17, 15) is 4.79 Å². The molecule has 1 atom stereocenters. The largest absolute Gasteiger partial charge is 0.462 e. The molecule has 0 amide bonds. The molecule has 6 heteroatoms. The van der Waals surface area contributed by atoms with E-state index in [4.69, 9.17) is 13.3 Å². The van der Waals surface area contributed by atoms with Gasteiger partial charge in [0.2, 0.25) is 0 Å². The highest BCUT2D eigenvalue weighted by molar-refractivity contribution is 6.73. The average molecular weight is 305 g/mol. The van der Waals surface area contributed by atoms with Gasteiger partial charge in [0.1, 0.15) is 0 Å². The lowest BCUT2D eigenvalue weighted by Gasteiger charge is -2.31. The van der Waals surface area contributed by atoms with E-state index in [1.54, 1.807) is 6.92 Å². The van der Waals surface area contributed by atoms with Crippen LogP contribution in [0.5, 0.6) is 0 Å². The molecule has 0 saturated heterocycles. The summed E-state index contributed by atoms with van der Waals surface area (Å²) >= 11 is 0. The summed E-state index contributed by atoms with van der Waals surface area (Å²) < 4.78 is 17.2. The smallest absolute Gasteiger partial charge is 0.333 e. The first-order chi connectivity index (χ1) is 8.66. The minimum atomic E-state index is -2.13. The highest BCUT2D eigenvalue weighted by atomic mass is 28.4. The van der Waals surface area contributed by atoms with Crippen LogP contribution in [0.2, 0.25) is 25.7 Å². The summed E-state index contributed by atoms with van der Waals surface area (Å²) in [5.74, 6) is -0.327. The Kier molecular flexibility index (Phi) is 8.48. The molecule has 0 aromatic carbocycles. The molecule has 0 heterocycles. The number of ether oxygens (including phenoxy) is 1. The number of esters is 1. The Balaban J connectivity index is 4.19. The predicted molar refractivity (Wildman–Crippen MR) is 83.0 cm³/mol. The minimum absolute atomic E-state index is 0.169. The van der Waals surface area contributed by atoms with Crippen molar-refractivity contribution in [3.8, 4) is 0 Å². The van der Waals surface area contributed by atoms with Gasteiger partial charge in [-0.1, -0.05) is 6.58 Å². The summed E-state index contributed by atoms with van der Waals surface area (Å²) in [4.78, 5) is 11.3. The van der Waals surface area contributed by atoms with Crippen molar-refractivity contribution in [3.05, 3.63) is 12.2 Å². The number of carbonyl (C=O) groups excluding carboxylic acids is 1. The van der Waals surface area contributed by atoms with Crippen LogP contribution in [-0.4, -0.2) is 36.3 Å². The van der Waals surface area contributed by atoms with Crippen molar-refractivity contribution in [2.24, 2.45) is 0 Å². The van der Waals surface area contributed by atoms with Gasteiger partial charge in [0.05, 0.1) is 6.61 Å². The summed E-state index contributed by atoms with van der Waals surface area (Å²) in [6.45, 7) is 16.0. The van der Waals surface area contributed by atoms with Gasteiger partial charge < -0.3 is 13.3 Å². The van der Waals surface area contributed by atoms with E-state index in [0.717, 1.165) is 12.5 Å². The van der Waals surface area contributed by atoms with E-state index >= 15 is 0 Å². The maximum Gasteiger partial charge on any atom is 0.333 e. The molecule has 0 N–H and O–H groups in total. The molecule has 0 aliphatic rings. The monoisotopic (exact) mass is 304 g/mol. The van der Waals surface area contributed by atoms with Crippen molar-refractivity contribution in [1.29, 1.82) is 0 Å². The molecule has 0 aliphatic carbocycles. The third-order valence-electron chi connectivity index (χ3n) is 2.33. The zero-order valence-electron chi connectivity index (χ0n) is 13.1. The van der Waals surface area contributed by atoms with Crippen LogP contribution >= 0.6 is 0 Å². The normalized spacial score (nSPS) is 14.5. The quantitative estimate of drug-likeness (QED) is 0.284. The van der Waals surface area contributed by atoms with E-state index in [-0.39, 0.29) is 12.1 Å². The Bertz CT molecular complexity index is 293. The first kappa shape index (κ1) is 18.6. The maximum absolute atomic E-state index is 11.3. The Labute approximate surface area is 120 Å². The van der Waals surface area contributed by atoms with Crippen LogP contribution < -0.4 is 0 Å². The molecule has 112 valence electrons. The average Bonchev–Trinajstić information content (AvgIpc) is 2.21. The van der Waals surface area contributed by atoms with Gasteiger partial charge in [0, 0.05) is 11.7 Å². The fourth-order valence-corrected chi connectivity index (χ4v) is 8.41. The zero-order chi connectivity index (χ0) is 15.1. The highest BCUT2D eigenvalue weighted by Gasteiger charge is 2.33. The minimum Gasteiger partial charge on any atom is -0.462 e. The van der Waals surface area contributed by atoms with Crippen LogP contribution in [0, 0.1) is 0 Å². The third kappa shape index (κ3) is 9.15. The first-order valence-electron chi connectivity index (χ1n) is 6.84. The molecule has 4 nitrogen and oxygen atoms in total. The zero-order valence-corrected chi connectivity index (χ0v) is 15.3. The van der Waals surface area contributed by atoms with Crippen molar-refractivity contribution < 1.29 is 18.1 Å². The van der Waals surface area contributed by atoms with Gasteiger partial charge in [-0.25, -0.2) is 4.79 Å². The van der Waals surface area contributed by atoms with Crippen LogP contribution in [0.15, 0.2) is 12.2 Å². The van der Waals surface area contributed by atoms with Gasteiger partial charge in [0.25, 0.3) is 0 Å². The first-order valence-corrected chi connectivity index (χ1v) is 12.1. The fraction of sp³-hybridized carbons (Fsp3) is 0.769. The van der Waals surface area contributed by atoms with Crippen LogP contribution in [0.4, 0.5) is 0 Å². The molecule has 0 aliphatic heterocycles. The predicted octanol–water partition coefficient (Wildman–Crippen LogP) is 2.99. The summed E-state index contributed by atoms with van der Waals surface area (Å²) in [7, 11) is -3.25. The van der Waals surface area contributed by atoms with Crippen molar-refractivity contribution in [2.45, 2.75) is 59.0 Å². The number of hydrogen-bond acceptors (Lipinski definition) is 4. The summed E-state index contributed by atoms with van der Waals surface area (Å²) in [6, 6.07) is 0.847. The lowest BCUT2D eigenvalue weighted by atomic mass is 10.4. The fourth-order valence-electron chi connectivity index (χ4n) is 1.82. The second kappa shape index (κ2) is 8.68.